The molecule has 8 nitrogen and oxygen atoms in total. The number of fused-ring (bicyclic) bond motifs is 1. The van der Waals surface area contributed by atoms with Crippen molar-refractivity contribution in [2.24, 2.45) is 5.92 Å². The number of carbonyl (C=O) groups excluding carboxylic acids is 2. The Labute approximate surface area is 248 Å². The second kappa shape index (κ2) is 13.3. The quantitative estimate of drug-likeness (QED) is 0.379. The summed E-state index contributed by atoms with van der Waals surface area (Å²) >= 11 is 0. The van der Waals surface area contributed by atoms with Crippen LogP contribution in [0, 0.1) is 5.92 Å². The average molecular weight is 623 g/mol. The number of hydrogen-bond acceptors (Lipinski definition) is 5. The van der Waals surface area contributed by atoms with E-state index in [0.717, 1.165) is 55.0 Å². The smallest absolute Gasteiger partial charge is 0.475 e. The zero-order valence-electron chi connectivity index (χ0n) is 23.2. The maximum atomic E-state index is 13.4. The third kappa shape index (κ3) is 8.05. The van der Waals surface area contributed by atoms with Crippen LogP contribution >= 0.6 is 0 Å². The number of nitrogens with zero attached hydrogens (tertiary/aromatic N) is 4. The van der Waals surface area contributed by atoms with Gasteiger partial charge in [0.25, 0.3) is 5.91 Å². The second-order valence-electron chi connectivity index (χ2n) is 10.3. The van der Waals surface area contributed by atoms with Crippen LogP contribution in [0.4, 0.5) is 37.7 Å². The molecule has 0 radical (unpaired) electrons. The number of aromatic nitrogens is 1. The number of rotatable bonds is 4. The number of benzene rings is 2. The second-order valence-corrected chi connectivity index (χ2v) is 10.3. The zero-order chi connectivity index (χ0) is 32.1. The molecule has 3 aromatic rings. The summed E-state index contributed by atoms with van der Waals surface area (Å²) in [6.07, 6.45) is -4.13. The van der Waals surface area contributed by atoms with Crippen molar-refractivity contribution in [3.8, 4) is 0 Å². The lowest BCUT2D eigenvalue weighted by atomic mass is 9.95. The van der Waals surface area contributed by atoms with Gasteiger partial charge < -0.3 is 19.8 Å². The van der Waals surface area contributed by atoms with Crippen molar-refractivity contribution in [1.82, 2.24) is 9.88 Å². The van der Waals surface area contributed by atoms with Crippen LogP contribution in [0.5, 0.6) is 0 Å². The first kappa shape index (κ1) is 32.3. The molecule has 0 atom stereocenters. The minimum Gasteiger partial charge on any atom is -0.475 e. The van der Waals surface area contributed by atoms with Gasteiger partial charge in [-0.2, -0.15) is 26.3 Å². The molecule has 3 heterocycles. The molecule has 44 heavy (non-hydrogen) atoms. The Bertz CT molecular complexity index is 1460. The third-order valence-electron chi connectivity index (χ3n) is 7.34. The summed E-state index contributed by atoms with van der Waals surface area (Å²) in [7, 11) is 0. The van der Waals surface area contributed by atoms with E-state index in [4.69, 9.17) is 9.90 Å². The molecule has 234 valence electrons. The minimum absolute atomic E-state index is 0.121. The highest BCUT2D eigenvalue weighted by atomic mass is 19.4. The molecule has 1 N–H and O–H groups in total. The number of alkyl halides is 6. The Hall–Kier alpha value is -4.62. The Morgan fingerprint density at radius 2 is 1.45 bits per heavy atom. The number of amides is 2. The molecule has 0 saturated carbocycles. The number of para-hydroxylation sites is 1. The van der Waals surface area contributed by atoms with Crippen molar-refractivity contribution in [1.29, 1.82) is 0 Å². The summed E-state index contributed by atoms with van der Waals surface area (Å²) in [5.41, 5.74) is 2.06. The van der Waals surface area contributed by atoms with Crippen LogP contribution in [0.15, 0.2) is 73.1 Å². The molecule has 0 bridgehead atoms. The molecule has 2 aliphatic heterocycles. The number of carboxylic acids is 1. The van der Waals surface area contributed by atoms with Crippen LogP contribution in [0.1, 0.15) is 34.3 Å². The fourth-order valence-corrected chi connectivity index (χ4v) is 5.07. The van der Waals surface area contributed by atoms with E-state index >= 15 is 0 Å². The molecule has 1 saturated heterocycles. The van der Waals surface area contributed by atoms with Gasteiger partial charge in [0.1, 0.15) is 6.54 Å². The SMILES string of the molecule is O=C(O)C(F)(F)F.O=C(c1ccc(C(F)(F)F)cc1)N1CC(=O)N(CC2CCN(c3ccncc3)CC2)c2ccccc2C1. The number of anilines is 2. The van der Waals surface area contributed by atoms with E-state index in [-0.39, 0.29) is 24.6 Å². The number of piperidine rings is 1. The summed E-state index contributed by atoms with van der Waals surface area (Å²) < 4.78 is 70.6. The van der Waals surface area contributed by atoms with Gasteiger partial charge in [-0.05, 0) is 66.8 Å². The van der Waals surface area contributed by atoms with E-state index in [1.807, 2.05) is 36.4 Å². The molecular weight excluding hydrogens is 594 g/mol. The maximum Gasteiger partial charge on any atom is 0.490 e. The van der Waals surface area contributed by atoms with Gasteiger partial charge in [-0.25, -0.2) is 4.79 Å². The van der Waals surface area contributed by atoms with Crippen molar-refractivity contribution in [2.75, 3.05) is 36.0 Å². The monoisotopic (exact) mass is 622 g/mol. The average Bonchev–Trinajstić information content (AvgIpc) is 3.13. The first-order chi connectivity index (χ1) is 20.7. The molecule has 5 rings (SSSR count). The van der Waals surface area contributed by atoms with Gasteiger partial charge in [-0.3, -0.25) is 14.6 Å². The van der Waals surface area contributed by atoms with E-state index in [9.17, 15) is 35.9 Å². The van der Waals surface area contributed by atoms with Crippen molar-refractivity contribution >= 4 is 29.2 Å². The van der Waals surface area contributed by atoms with Gasteiger partial charge in [-0.1, -0.05) is 18.2 Å². The molecular formula is C30H28F6N4O4. The van der Waals surface area contributed by atoms with E-state index in [0.29, 0.717) is 12.5 Å². The van der Waals surface area contributed by atoms with E-state index < -0.39 is 29.8 Å². The summed E-state index contributed by atoms with van der Waals surface area (Å²) in [5.74, 6) is -3.11. The highest BCUT2D eigenvalue weighted by molar-refractivity contribution is 6.02. The van der Waals surface area contributed by atoms with Crippen LogP contribution in [0.25, 0.3) is 0 Å². The number of carboxylic acid groups (broad SMARTS) is 1. The molecule has 1 fully saturated rings. The number of hydrogen-bond donors (Lipinski definition) is 1. The highest BCUT2D eigenvalue weighted by Gasteiger charge is 2.38. The van der Waals surface area contributed by atoms with Crippen LogP contribution in [-0.4, -0.2) is 65.1 Å². The highest BCUT2D eigenvalue weighted by Crippen LogP contribution is 2.32. The molecule has 2 amide bonds. The Morgan fingerprint density at radius 1 is 0.864 bits per heavy atom. The van der Waals surface area contributed by atoms with Crippen molar-refractivity contribution in [2.45, 2.75) is 31.7 Å². The Kier molecular flexibility index (Phi) is 9.80. The summed E-state index contributed by atoms with van der Waals surface area (Å²) in [4.78, 5) is 45.1. The molecule has 1 aromatic heterocycles. The van der Waals surface area contributed by atoms with Crippen molar-refractivity contribution < 1.29 is 45.8 Å². The van der Waals surface area contributed by atoms with Crippen molar-refractivity contribution in [3.05, 3.63) is 89.7 Å². The summed E-state index contributed by atoms with van der Waals surface area (Å²) in [5, 5.41) is 7.12. The predicted octanol–water partition coefficient (Wildman–Crippen LogP) is 5.64. The van der Waals surface area contributed by atoms with Crippen LogP contribution in [0.2, 0.25) is 0 Å². The topological polar surface area (TPSA) is 94.0 Å². The predicted molar refractivity (Wildman–Crippen MR) is 148 cm³/mol. The first-order valence-corrected chi connectivity index (χ1v) is 13.5. The summed E-state index contributed by atoms with van der Waals surface area (Å²) in [6, 6.07) is 15.6. The van der Waals surface area contributed by atoms with Crippen LogP contribution in [-0.2, 0) is 22.3 Å². The van der Waals surface area contributed by atoms with Crippen molar-refractivity contribution in [3.63, 3.8) is 0 Å². The molecule has 0 spiro atoms. The van der Waals surface area contributed by atoms with Gasteiger partial charge in [0.05, 0.1) is 5.56 Å². The number of halogens is 6. The third-order valence-corrected chi connectivity index (χ3v) is 7.34. The van der Waals surface area contributed by atoms with E-state index in [1.54, 1.807) is 17.3 Å². The largest absolute Gasteiger partial charge is 0.490 e. The van der Waals surface area contributed by atoms with Gasteiger partial charge in [0.2, 0.25) is 5.91 Å². The number of carbonyl (C=O) groups is 3. The maximum absolute atomic E-state index is 13.4. The molecule has 2 aliphatic rings. The molecule has 2 aromatic carbocycles. The lowest BCUT2D eigenvalue weighted by Gasteiger charge is -2.36. The van der Waals surface area contributed by atoms with Crippen LogP contribution < -0.4 is 9.80 Å². The first-order valence-electron chi connectivity index (χ1n) is 13.5. The number of aliphatic carboxylic acids is 1. The summed E-state index contributed by atoms with van der Waals surface area (Å²) in [6.45, 7) is 2.40. The minimum atomic E-state index is -5.08. The standard InChI is InChI=1S/C28H27F3N4O2.C2HF3O2/c29-28(30,31)23-7-5-21(6-8-23)27(37)34-18-22-3-1-2-4-25(22)35(26(36)19-34)17-20-11-15-33(16-12-20)24-9-13-32-14-10-24;3-2(4,5)1(6)7/h1-10,13-14,20H,11-12,15-19H2;(H,6,7). The van der Waals surface area contributed by atoms with E-state index in [2.05, 4.69) is 9.88 Å². The molecule has 14 heteroatoms. The zero-order valence-corrected chi connectivity index (χ0v) is 23.2. The molecule has 0 unspecified atom stereocenters. The lowest BCUT2D eigenvalue weighted by Crippen LogP contribution is -2.44. The van der Waals surface area contributed by atoms with Gasteiger partial charge in [-0.15, -0.1) is 0 Å². The Balaban J connectivity index is 0.000000566. The van der Waals surface area contributed by atoms with E-state index in [1.165, 1.54) is 17.0 Å². The fourth-order valence-electron chi connectivity index (χ4n) is 5.07. The lowest BCUT2D eigenvalue weighted by molar-refractivity contribution is -0.192. The number of pyridine rings is 1. The fraction of sp³-hybridized carbons (Fsp3) is 0.333. The van der Waals surface area contributed by atoms with Gasteiger partial charge in [0, 0.05) is 55.5 Å². The molecule has 0 aliphatic carbocycles. The normalized spacial score (nSPS) is 16.0. The van der Waals surface area contributed by atoms with Gasteiger partial charge >= 0.3 is 18.3 Å². The van der Waals surface area contributed by atoms with Crippen LogP contribution in [0.3, 0.4) is 0 Å². The van der Waals surface area contributed by atoms with Gasteiger partial charge in [0.15, 0.2) is 0 Å². The Morgan fingerprint density at radius 3 is 2.02 bits per heavy atom.